The molecule has 0 amide bonds. The summed E-state index contributed by atoms with van der Waals surface area (Å²) in [6.07, 6.45) is 4.81. The van der Waals surface area contributed by atoms with Crippen molar-refractivity contribution in [2.45, 2.75) is 5.91 Å². The van der Waals surface area contributed by atoms with Gasteiger partial charge in [0.15, 0.2) is 0 Å². The molecule has 1 atom stereocenters. The van der Waals surface area contributed by atoms with Crippen LogP contribution in [-0.4, -0.2) is 40.8 Å². The van der Waals surface area contributed by atoms with E-state index >= 15 is 0 Å². The van der Waals surface area contributed by atoms with Crippen LogP contribution in [0.25, 0.3) is 0 Å². The first-order chi connectivity index (χ1) is 7.05. The second-order valence-electron chi connectivity index (χ2n) is 2.76. The van der Waals surface area contributed by atoms with E-state index in [1.165, 1.54) is 25.2 Å². The quantitative estimate of drug-likeness (QED) is 0.563. The maximum absolute atomic E-state index is 10.5. The number of hydrogen-bond acceptors (Lipinski definition) is 5. The van der Waals surface area contributed by atoms with Crippen molar-refractivity contribution >= 4 is 11.4 Å². The normalized spacial score (nSPS) is 21.1. The van der Waals surface area contributed by atoms with Gasteiger partial charge in [-0.25, -0.2) is 0 Å². The first-order valence-corrected chi connectivity index (χ1v) is 5.12. The third-order valence-electron chi connectivity index (χ3n) is 2.09. The Morgan fingerprint density at radius 1 is 1.47 bits per heavy atom. The van der Waals surface area contributed by atoms with Gasteiger partial charge in [-0.3, -0.25) is 9.45 Å². The van der Waals surface area contributed by atoms with Crippen LogP contribution >= 0.6 is 0 Å². The Morgan fingerprint density at radius 2 is 2.07 bits per heavy atom. The fourth-order valence-corrected chi connectivity index (χ4v) is 1.59. The number of likely N-dealkylation sites (N-methyl/N-ethyl adjacent to an activating group) is 1. The molecule has 1 unspecified atom stereocenters. The summed E-state index contributed by atoms with van der Waals surface area (Å²) in [6, 6.07) is 0. The average Bonchev–Trinajstić information content (AvgIpc) is 2.21. The van der Waals surface area contributed by atoms with Gasteiger partial charge in [0.25, 0.3) is 5.91 Å². The third-order valence-corrected chi connectivity index (χ3v) is 2.40. The van der Waals surface area contributed by atoms with Crippen molar-refractivity contribution in [1.82, 2.24) is 4.90 Å². The van der Waals surface area contributed by atoms with E-state index < -0.39 is 17.3 Å². The second-order valence-corrected chi connectivity index (χ2v) is 3.36. The summed E-state index contributed by atoms with van der Waals surface area (Å²) < 4.78 is 34.1. The molecule has 0 aromatic carbocycles. The molecule has 0 aromatic rings. The van der Waals surface area contributed by atoms with Crippen molar-refractivity contribution < 1.29 is 22.4 Å². The van der Waals surface area contributed by atoms with E-state index in [9.17, 15) is 4.21 Å². The highest BCUT2D eigenvalue weighted by Crippen LogP contribution is 2.26. The summed E-state index contributed by atoms with van der Waals surface area (Å²) in [5.74, 6) is -0.925. The lowest BCUT2D eigenvalue weighted by Gasteiger charge is -2.39. The van der Waals surface area contributed by atoms with E-state index in [1.807, 2.05) is 0 Å². The van der Waals surface area contributed by atoms with Gasteiger partial charge in [0, 0.05) is 21.3 Å². The highest BCUT2D eigenvalue weighted by Gasteiger charge is 2.36. The minimum Gasteiger partial charge on any atom is -0.361 e. The molecule has 0 radical (unpaired) electrons. The second kappa shape index (κ2) is 4.75. The van der Waals surface area contributed by atoms with Crippen LogP contribution in [0.15, 0.2) is 24.1 Å². The molecule has 86 valence electrons. The van der Waals surface area contributed by atoms with E-state index in [-0.39, 0.29) is 5.88 Å². The molecule has 1 N–H and O–H groups in total. The summed E-state index contributed by atoms with van der Waals surface area (Å²) in [7, 11) is 4.54. The molecular formula is C8H13NO5S. The Hall–Kier alpha value is -0.890. The number of hydrogen-bond donors (Lipinski definition) is 1. The topological polar surface area (TPSA) is 68.2 Å². The van der Waals surface area contributed by atoms with Crippen LogP contribution in [0.2, 0.25) is 0 Å². The number of allylic oxidation sites excluding steroid dienone is 2. The van der Waals surface area contributed by atoms with Crippen LogP contribution in [-0.2, 0) is 25.0 Å². The molecule has 0 spiro atoms. The monoisotopic (exact) mass is 235 g/mol. The summed E-state index contributed by atoms with van der Waals surface area (Å²) in [6.45, 7) is 0. The van der Waals surface area contributed by atoms with Gasteiger partial charge in [-0.15, -0.1) is 0 Å². The Morgan fingerprint density at radius 3 is 2.53 bits per heavy atom. The van der Waals surface area contributed by atoms with E-state index in [0.717, 1.165) is 0 Å². The van der Waals surface area contributed by atoms with Crippen LogP contribution in [0.3, 0.4) is 0 Å². The van der Waals surface area contributed by atoms with Crippen molar-refractivity contribution in [1.29, 1.82) is 0 Å². The highest BCUT2D eigenvalue weighted by molar-refractivity contribution is 7.74. The fraction of sp³-hybridized carbons (Fsp3) is 0.500. The predicted octanol–water partition coefficient (Wildman–Crippen LogP) is 0.429. The minimum atomic E-state index is -2.38. The Balaban J connectivity index is 2.90. The van der Waals surface area contributed by atoms with Gasteiger partial charge in [0.2, 0.25) is 5.88 Å². The van der Waals surface area contributed by atoms with Crippen LogP contribution in [0, 0.1) is 0 Å². The zero-order chi connectivity index (χ0) is 11.5. The summed E-state index contributed by atoms with van der Waals surface area (Å²) in [5, 5.41) is 0. The Bertz CT molecular complexity index is 310. The first kappa shape index (κ1) is 12.2. The molecule has 0 bridgehead atoms. The molecule has 1 heterocycles. The molecule has 0 saturated carbocycles. The first-order valence-electron chi connectivity index (χ1n) is 4.08. The van der Waals surface area contributed by atoms with Crippen LogP contribution in [0.4, 0.5) is 0 Å². The Labute approximate surface area is 90.6 Å². The summed E-state index contributed by atoms with van der Waals surface area (Å²) in [4.78, 5) is 1.46. The van der Waals surface area contributed by atoms with E-state index in [2.05, 4.69) is 4.18 Å². The van der Waals surface area contributed by atoms with Gasteiger partial charge < -0.3 is 13.7 Å². The molecule has 0 aliphatic carbocycles. The summed E-state index contributed by atoms with van der Waals surface area (Å²) in [5.41, 5.74) is 0. The zero-order valence-electron chi connectivity index (χ0n) is 8.67. The molecule has 0 saturated heterocycles. The van der Waals surface area contributed by atoms with Gasteiger partial charge in [0.1, 0.15) is 0 Å². The lowest BCUT2D eigenvalue weighted by atomic mass is 10.3. The standard InChI is InChI=1S/C8H13NO5S/c1-9-7(14-15(10)11)5-4-6-8(9,12-2)13-3/h4-6H,1-3H3,(H,10,11). The van der Waals surface area contributed by atoms with Crippen LogP contribution < -0.4 is 0 Å². The van der Waals surface area contributed by atoms with E-state index in [1.54, 1.807) is 19.2 Å². The molecule has 1 aliphatic rings. The van der Waals surface area contributed by atoms with E-state index in [4.69, 9.17) is 14.0 Å². The van der Waals surface area contributed by atoms with E-state index in [0.29, 0.717) is 0 Å². The van der Waals surface area contributed by atoms with Crippen LogP contribution in [0.5, 0.6) is 0 Å². The molecular weight excluding hydrogens is 222 g/mol. The average molecular weight is 235 g/mol. The lowest BCUT2D eigenvalue weighted by molar-refractivity contribution is -0.252. The van der Waals surface area contributed by atoms with Crippen molar-refractivity contribution in [2.24, 2.45) is 0 Å². The maximum atomic E-state index is 10.5. The third kappa shape index (κ3) is 2.37. The maximum Gasteiger partial charge on any atom is 0.358 e. The smallest absolute Gasteiger partial charge is 0.358 e. The van der Waals surface area contributed by atoms with Gasteiger partial charge >= 0.3 is 11.4 Å². The number of rotatable bonds is 4. The molecule has 0 aromatic heterocycles. The molecule has 15 heavy (non-hydrogen) atoms. The fourth-order valence-electron chi connectivity index (χ4n) is 1.28. The SMILES string of the molecule is COC1(OC)C=CC=C(OS(=O)O)N1C. The molecule has 1 rings (SSSR count). The molecule has 6 nitrogen and oxygen atoms in total. The lowest BCUT2D eigenvalue weighted by Crippen LogP contribution is -2.49. The largest absolute Gasteiger partial charge is 0.361 e. The van der Waals surface area contributed by atoms with Crippen molar-refractivity contribution in [2.75, 3.05) is 21.3 Å². The number of nitrogens with zero attached hydrogens (tertiary/aromatic N) is 1. The zero-order valence-corrected chi connectivity index (χ0v) is 9.48. The summed E-state index contributed by atoms with van der Waals surface area (Å²) >= 11 is -2.38. The highest BCUT2D eigenvalue weighted by atomic mass is 32.2. The molecule has 0 fully saturated rings. The van der Waals surface area contributed by atoms with Gasteiger partial charge in [-0.05, 0) is 12.2 Å². The number of methoxy groups -OCH3 is 2. The Kier molecular flexibility index (Phi) is 3.86. The van der Waals surface area contributed by atoms with Crippen LogP contribution in [0.1, 0.15) is 0 Å². The molecule has 1 aliphatic heterocycles. The van der Waals surface area contributed by atoms with Gasteiger partial charge in [-0.1, -0.05) is 6.08 Å². The van der Waals surface area contributed by atoms with Gasteiger partial charge in [0.05, 0.1) is 0 Å². The van der Waals surface area contributed by atoms with Crippen molar-refractivity contribution in [3.05, 3.63) is 24.1 Å². The van der Waals surface area contributed by atoms with Crippen molar-refractivity contribution in [3.63, 3.8) is 0 Å². The van der Waals surface area contributed by atoms with Crippen molar-refractivity contribution in [3.8, 4) is 0 Å². The minimum absolute atomic E-state index is 0.182. The predicted molar refractivity (Wildman–Crippen MR) is 53.6 cm³/mol. The van der Waals surface area contributed by atoms with Gasteiger partial charge in [-0.2, -0.15) is 4.21 Å². The molecule has 7 heteroatoms. The number of ether oxygens (including phenoxy) is 2.